The number of nitrogens with one attached hydrogen (secondary N) is 1. The van der Waals surface area contributed by atoms with Crippen LogP contribution in [0.5, 0.6) is 0 Å². The van der Waals surface area contributed by atoms with E-state index in [4.69, 9.17) is 10.5 Å². The van der Waals surface area contributed by atoms with Gasteiger partial charge >= 0.3 is 5.69 Å². The lowest BCUT2D eigenvalue weighted by molar-refractivity contribution is 0.707. The van der Waals surface area contributed by atoms with E-state index in [-0.39, 0.29) is 11.4 Å². The third-order valence-electron chi connectivity index (χ3n) is 2.81. The Morgan fingerprint density at radius 1 is 1.50 bits per heavy atom. The van der Waals surface area contributed by atoms with Crippen LogP contribution in [0, 0.1) is 22.7 Å². The predicted molar refractivity (Wildman–Crippen MR) is 72.9 cm³/mol. The van der Waals surface area contributed by atoms with E-state index in [0.717, 1.165) is 0 Å². The van der Waals surface area contributed by atoms with Crippen LogP contribution in [0.4, 0.5) is 5.69 Å². The molecule has 0 aliphatic carbocycles. The van der Waals surface area contributed by atoms with Crippen molar-refractivity contribution in [3.8, 4) is 12.1 Å². The van der Waals surface area contributed by atoms with Gasteiger partial charge in [-0.05, 0) is 13.0 Å². The molecule has 8 nitrogen and oxygen atoms in total. The first-order chi connectivity index (χ1) is 9.62. The SMILES string of the molecule is CCn1c(=O)n(C)c2cc(NN=C(C#N)C#N)cnc21. The van der Waals surface area contributed by atoms with Crippen LogP contribution < -0.4 is 11.1 Å². The fraction of sp³-hybridized carbons (Fsp3) is 0.250. The van der Waals surface area contributed by atoms with Crippen molar-refractivity contribution in [1.29, 1.82) is 10.5 Å². The summed E-state index contributed by atoms with van der Waals surface area (Å²) in [5.74, 6) is 0. The van der Waals surface area contributed by atoms with Crippen LogP contribution in [0.1, 0.15) is 6.92 Å². The molecule has 8 heteroatoms. The van der Waals surface area contributed by atoms with Crippen molar-refractivity contribution in [3.05, 3.63) is 22.7 Å². The number of nitriles is 2. The first-order valence-electron chi connectivity index (χ1n) is 5.81. The van der Waals surface area contributed by atoms with Gasteiger partial charge in [0.05, 0.1) is 17.4 Å². The maximum Gasteiger partial charge on any atom is 0.330 e. The van der Waals surface area contributed by atoms with Crippen molar-refractivity contribution in [2.75, 3.05) is 5.43 Å². The summed E-state index contributed by atoms with van der Waals surface area (Å²) in [4.78, 5) is 16.1. The molecule has 2 aromatic heterocycles. The minimum atomic E-state index is -0.287. The molecule has 0 saturated carbocycles. The summed E-state index contributed by atoms with van der Waals surface area (Å²) in [5.41, 5.74) is 3.85. The Bertz CT molecular complexity index is 812. The third kappa shape index (κ3) is 2.10. The molecule has 0 atom stereocenters. The molecule has 100 valence electrons. The lowest BCUT2D eigenvalue weighted by atomic mass is 10.4. The summed E-state index contributed by atoms with van der Waals surface area (Å²) in [6.45, 7) is 2.40. The largest absolute Gasteiger partial charge is 0.330 e. The van der Waals surface area contributed by atoms with Gasteiger partial charge in [0.1, 0.15) is 12.1 Å². The molecule has 0 radical (unpaired) electrons. The van der Waals surface area contributed by atoms with E-state index in [1.165, 1.54) is 10.8 Å². The molecule has 20 heavy (non-hydrogen) atoms. The fourth-order valence-corrected chi connectivity index (χ4v) is 1.82. The van der Waals surface area contributed by atoms with E-state index in [2.05, 4.69) is 15.5 Å². The van der Waals surface area contributed by atoms with Crippen molar-refractivity contribution in [1.82, 2.24) is 14.1 Å². The Kier molecular flexibility index (Phi) is 3.49. The third-order valence-corrected chi connectivity index (χ3v) is 2.81. The number of fused-ring (bicyclic) bond motifs is 1. The van der Waals surface area contributed by atoms with Crippen LogP contribution in [-0.4, -0.2) is 19.8 Å². The Hall–Kier alpha value is -3.13. The van der Waals surface area contributed by atoms with Crippen LogP contribution >= 0.6 is 0 Å². The van der Waals surface area contributed by atoms with Crippen LogP contribution in [-0.2, 0) is 13.6 Å². The number of aryl methyl sites for hydroxylation is 2. The molecule has 0 bridgehead atoms. The van der Waals surface area contributed by atoms with E-state index in [1.807, 2.05) is 6.92 Å². The maximum absolute atomic E-state index is 11.9. The van der Waals surface area contributed by atoms with Gasteiger partial charge in [-0.15, -0.1) is 0 Å². The maximum atomic E-state index is 11.9. The lowest BCUT2D eigenvalue weighted by Crippen LogP contribution is -2.21. The highest BCUT2D eigenvalue weighted by Crippen LogP contribution is 2.15. The Morgan fingerprint density at radius 2 is 2.20 bits per heavy atom. The second-order valence-corrected chi connectivity index (χ2v) is 3.95. The number of pyridine rings is 1. The molecule has 0 fully saturated rings. The van der Waals surface area contributed by atoms with E-state index in [9.17, 15) is 4.79 Å². The fourth-order valence-electron chi connectivity index (χ4n) is 1.82. The van der Waals surface area contributed by atoms with Gasteiger partial charge in [0, 0.05) is 13.6 Å². The van der Waals surface area contributed by atoms with Crippen molar-refractivity contribution >= 4 is 22.6 Å². The molecular weight excluding hydrogens is 258 g/mol. The summed E-state index contributed by atoms with van der Waals surface area (Å²) in [7, 11) is 1.65. The van der Waals surface area contributed by atoms with Gasteiger partial charge < -0.3 is 0 Å². The smallest absolute Gasteiger partial charge is 0.293 e. The summed E-state index contributed by atoms with van der Waals surface area (Å²) >= 11 is 0. The highest BCUT2D eigenvalue weighted by molar-refractivity contribution is 6.10. The molecule has 0 aliphatic heterocycles. The summed E-state index contributed by atoms with van der Waals surface area (Å²) in [6.07, 6.45) is 1.49. The van der Waals surface area contributed by atoms with Crippen LogP contribution in [0.3, 0.4) is 0 Å². The molecular formula is C12H11N7O. The Balaban J connectivity index is 2.49. The van der Waals surface area contributed by atoms with E-state index in [0.29, 0.717) is 23.4 Å². The number of aromatic nitrogens is 3. The standard InChI is InChI=1S/C12H11N7O/c1-3-19-11-10(18(2)12(19)20)4-8(7-15-11)16-17-9(5-13)6-14/h4,7,16H,3H2,1-2H3. The second-order valence-electron chi connectivity index (χ2n) is 3.95. The molecule has 0 spiro atoms. The average molecular weight is 269 g/mol. The highest BCUT2D eigenvalue weighted by Gasteiger charge is 2.11. The number of anilines is 1. The number of nitrogens with zero attached hydrogens (tertiary/aromatic N) is 6. The van der Waals surface area contributed by atoms with E-state index < -0.39 is 0 Å². The number of hydrogen-bond acceptors (Lipinski definition) is 6. The number of hydrogen-bond donors (Lipinski definition) is 1. The zero-order valence-electron chi connectivity index (χ0n) is 11.0. The van der Waals surface area contributed by atoms with E-state index in [1.54, 1.807) is 29.8 Å². The number of hydrazone groups is 1. The predicted octanol–water partition coefficient (Wildman–Crippen LogP) is 0.570. The average Bonchev–Trinajstić information content (AvgIpc) is 2.71. The first kappa shape index (κ1) is 13.3. The van der Waals surface area contributed by atoms with Crippen molar-refractivity contribution in [2.24, 2.45) is 12.1 Å². The highest BCUT2D eigenvalue weighted by atomic mass is 16.1. The Labute approximate surface area is 114 Å². The van der Waals surface area contributed by atoms with E-state index >= 15 is 0 Å². The summed E-state index contributed by atoms with van der Waals surface area (Å²) in [5, 5.41) is 20.8. The van der Waals surface area contributed by atoms with Crippen molar-refractivity contribution in [3.63, 3.8) is 0 Å². The van der Waals surface area contributed by atoms with Gasteiger partial charge in [-0.2, -0.15) is 15.6 Å². The zero-order chi connectivity index (χ0) is 14.7. The molecule has 0 unspecified atom stereocenters. The number of rotatable bonds is 3. The monoisotopic (exact) mass is 269 g/mol. The zero-order valence-corrected chi connectivity index (χ0v) is 11.0. The molecule has 2 rings (SSSR count). The molecule has 0 aliphatic rings. The summed E-state index contributed by atoms with van der Waals surface area (Å²) in [6, 6.07) is 4.97. The van der Waals surface area contributed by atoms with Gasteiger partial charge in [-0.1, -0.05) is 0 Å². The minimum Gasteiger partial charge on any atom is -0.293 e. The van der Waals surface area contributed by atoms with Crippen LogP contribution in [0.2, 0.25) is 0 Å². The Morgan fingerprint density at radius 3 is 2.80 bits per heavy atom. The summed E-state index contributed by atoms with van der Waals surface area (Å²) < 4.78 is 3.04. The van der Waals surface area contributed by atoms with Gasteiger partial charge in [0.25, 0.3) is 0 Å². The number of imidazole rings is 1. The second kappa shape index (κ2) is 5.24. The van der Waals surface area contributed by atoms with Crippen LogP contribution in [0.25, 0.3) is 11.2 Å². The van der Waals surface area contributed by atoms with Gasteiger partial charge in [0.2, 0.25) is 5.71 Å². The normalized spacial score (nSPS) is 9.80. The molecule has 1 N–H and O–H groups in total. The van der Waals surface area contributed by atoms with Gasteiger partial charge in [-0.3, -0.25) is 14.6 Å². The lowest BCUT2D eigenvalue weighted by Gasteiger charge is -2.01. The molecule has 2 aromatic rings. The van der Waals surface area contributed by atoms with Crippen molar-refractivity contribution < 1.29 is 0 Å². The quantitative estimate of drug-likeness (QED) is 0.646. The molecule has 0 aromatic carbocycles. The van der Waals surface area contributed by atoms with Gasteiger partial charge in [-0.25, -0.2) is 9.78 Å². The molecule has 2 heterocycles. The molecule has 0 saturated heterocycles. The minimum absolute atomic E-state index is 0.148. The van der Waals surface area contributed by atoms with Crippen LogP contribution in [0.15, 0.2) is 22.2 Å². The first-order valence-corrected chi connectivity index (χ1v) is 5.81. The van der Waals surface area contributed by atoms with Gasteiger partial charge in [0.15, 0.2) is 5.65 Å². The molecule has 0 amide bonds. The topological polar surface area (TPSA) is 112 Å². The van der Waals surface area contributed by atoms with Crippen molar-refractivity contribution in [2.45, 2.75) is 13.5 Å².